The van der Waals surface area contributed by atoms with Gasteiger partial charge in [-0.05, 0) is 12.1 Å². The second kappa shape index (κ2) is 9.13. The van der Waals surface area contributed by atoms with Crippen LogP contribution in [0, 0.1) is 0 Å². The zero-order valence-corrected chi connectivity index (χ0v) is 12.8. The third-order valence-corrected chi connectivity index (χ3v) is 3.77. The number of rotatable bonds is 11. The van der Waals surface area contributed by atoms with E-state index in [2.05, 4.69) is 5.32 Å². The monoisotopic (exact) mass is 322 g/mol. The van der Waals surface area contributed by atoms with E-state index in [1.807, 2.05) is 6.07 Å². The van der Waals surface area contributed by atoms with Crippen LogP contribution < -0.4 is 5.32 Å². The molecule has 0 fully saturated rings. The molecule has 0 aliphatic carbocycles. The average Bonchev–Trinajstić information content (AvgIpc) is 2.91. The van der Waals surface area contributed by atoms with E-state index < -0.39 is 16.4 Å². The van der Waals surface area contributed by atoms with Gasteiger partial charge in [0, 0.05) is 19.6 Å². The van der Waals surface area contributed by atoms with E-state index in [4.69, 9.17) is 13.7 Å². The van der Waals surface area contributed by atoms with Crippen molar-refractivity contribution < 1.29 is 27.2 Å². The molecule has 1 aromatic heterocycles. The van der Waals surface area contributed by atoms with Gasteiger partial charge in [0.1, 0.15) is 5.76 Å². The normalized spacial score (nSPS) is 13.7. The quantitative estimate of drug-likeness (QED) is 0.384. The largest absolute Gasteiger partial charge is 0.468 e. The summed E-state index contributed by atoms with van der Waals surface area (Å²) in [5.74, 6) is 0.821. The van der Waals surface area contributed by atoms with E-state index in [-0.39, 0.29) is 19.7 Å². The third-order valence-electron chi connectivity index (χ3n) is 2.71. The summed E-state index contributed by atoms with van der Waals surface area (Å²) in [7, 11) is -4.28. The summed E-state index contributed by atoms with van der Waals surface area (Å²) in [4.78, 5) is 0. The van der Waals surface area contributed by atoms with Gasteiger partial charge >= 0.3 is 10.3 Å². The Kier molecular flexibility index (Phi) is 7.86. The molecule has 8 nitrogen and oxygen atoms in total. The van der Waals surface area contributed by atoms with E-state index in [0.29, 0.717) is 19.7 Å². The lowest BCUT2D eigenvalue weighted by Crippen LogP contribution is -2.39. The number of furan rings is 1. The molecule has 1 heterocycles. The summed E-state index contributed by atoms with van der Waals surface area (Å²) in [5.41, 5.74) is 0. The minimum Gasteiger partial charge on any atom is -0.468 e. The molecule has 0 aromatic carbocycles. The van der Waals surface area contributed by atoms with Crippen LogP contribution in [0.2, 0.25) is 0 Å². The number of nitrogens with one attached hydrogen (secondary N) is 1. The number of hydrogen-bond acceptors (Lipinski definition) is 6. The van der Waals surface area contributed by atoms with Crippen LogP contribution in [-0.2, 0) is 21.6 Å². The maximum atomic E-state index is 10.9. The lowest BCUT2D eigenvalue weighted by atomic mass is 10.4. The molecule has 0 unspecified atom stereocenters. The van der Waals surface area contributed by atoms with Gasteiger partial charge in [0.15, 0.2) is 0 Å². The first-order valence-corrected chi connectivity index (χ1v) is 8.04. The molecule has 0 bridgehead atoms. The molecule has 3 N–H and O–H groups in total. The van der Waals surface area contributed by atoms with Gasteiger partial charge in [-0.15, -0.1) is 0 Å². The van der Waals surface area contributed by atoms with Crippen LogP contribution in [0.1, 0.15) is 12.7 Å². The number of aliphatic hydroxyl groups is 1. The lowest BCUT2D eigenvalue weighted by molar-refractivity contribution is 0.0284. The molecule has 0 aliphatic rings. The highest BCUT2D eigenvalue weighted by atomic mass is 32.2. The second-order valence-corrected chi connectivity index (χ2v) is 5.83. The Balaban J connectivity index is 2.09. The van der Waals surface area contributed by atoms with Gasteiger partial charge in [0.05, 0.1) is 32.1 Å². The van der Waals surface area contributed by atoms with Crippen molar-refractivity contribution in [3.05, 3.63) is 24.2 Å². The fourth-order valence-corrected chi connectivity index (χ4v) is 2.35. The van der Waals surface area contributed by atoms with E-state index in [1.165, 1.54) is 0 Å². The third kappa shape index (κ3) is 7.55. The standard InChI is InChI=1S/C12H22N2O6S/c1-2-14(21(16,17)18)9-11(15)10-19-7-5-13-8-12-4-3-6-20-12/h3-4,6,11,13,15H,2,5,7-10H2,1H3,(H,16,17,18)/t11-/m0/s1. The number of aliphatic hydroxyl groups excluding tert-OH is 1. The molecule has 0 spiro atoms. The minimum absolute atomic E-state index is 0.00550. The highest BCUT2D eigenvalue weighted by molar-refractivity contribution is 7.83. The fourth-order valence-electron chi connectivity index (χ4n) is 1.66. The zero-order chi connectivity index (χ0) is 15.7. The van der Waals surface area contributed by atoms with Gasteiger partial charge in [-0.1, -0.05) is 6.92 Å². The Hall–Kier alpha value is -0.970. The van der Waals surface area contributed by atoms with E-state index in [1.54, 1.807) is 19.3 Å². The molecule has 0 saturated heterocycles. The van der Waals surface area contributed by atoms with Gasteiger partial charge in [0.2, 0.25) is 0 Å². The van der Waals surface area contributed by atoms with Crippen LogP contribution in [0.25, 0.3) is 0 Å². The molecule has 1 atom stereocenters. The molecule has 0 amide bonds. The fraction of sp³-hybridized carbons (Fsp3) is 0.667. The van der Waals surface area contributed by atoms with Gasteiger partial charge in [0.25, 0.3) is 0 Å². The molecule has 1 rings (SSSR count). The Morgan fingerprint density at radius 2 is 2.29 bits per heavy atom. The van der Waals surface area contributed by atoms with Crippen LogP contribution in [-0.4, -0.2) is 61.3 Å². The molecule has 21 heavy (non-hydrogen) atoms. The molecule has 0 saturated carbocycles. The topological polar surface area (TPSA) is 112 Å². The molecular formula is C12H22N2O6S. The van der Waals surface area contributed by atoms with Crippen molar-refractivity contribution in [1.82, 2.24) is 9.62 Å². The average molecular weight is 322 g/mol. The van der Waals surface area contributed by atoms with Crippen molar-refractivity contribution in [3.8, 4) is 0 Å². The van der Waals surface area contributed by atoms with E-state index in [9.17, 15) is 13.5 Å². The Bertz CT molecular complexity index is 476. The summed E-state index contributed by atoms with van der Waals surface area (Å²) in [6, 6.07) is 3.66. The lowest BCUT2D eigenvalue weighted by Gasteiger charge is -2.20. The first-order chi connectivity index (χ1) is 9.93. The second-order valence-electron chi connectivity index (χ2n) is 4.41. The molecule has 0 radical (unpaired) electrons. The molecule has 0 aliphatic heterocycles. The molecular weight excluding hydrogens is 300 g/mol. The first-order valence-electron chi connectivity index (χ1n) is 6.65. The van der Waals surface area contributed by atoms with Crippen LogP contribution in [0.5, 0.6) is 0 Å². The van der Waals surface area contributed by atoms with Crippen LogP contribution in [0.15, 0.2) is 22.8 Å². The van der Waals surface area contributed by atoms with Crippen LogP contribution >= 0.6 is 0 Å². The van der Waals surface area contributed by atoms with Gasteiger partial charge in [-0.2, -0.15) is 12.7 Å². The minimum atomic E-state index is -4.28. The predicted molar refractivity (Wildman–Crippen MR) is 76.0 cm³/mol. The van der Waals surface area contributed by atoms with E-state index in [0.717, 1.165) is 10.1 Å². The number of hydrogen-bond donors (Lipinski definition) is 3. The summed E-state index contributed by atoms with van der Waals surface area (Å²) >= 11 is 0. The van der Waals surface area contributed by atoms with Crippen molar-refractivity contribution in [1.29, 1.82) is 0 Å². The number of nitrogens with zero attached hydrogens (tertiary/aromatic N) is 1. The Labute approximate surface area is 124 Å². The maximum Gasteiger partial charge on any atom is 0.335 e. The van der Waals surface area contributed by atoms with Crippen molar-refractivity contribution >= 4 is 10.3 Å². The molecule has 1 aromatic rings. The number of likely N-dealkylation sites (N-methyl/N-ethyl adjacent to an activating group) is 1. The summed E-state index contributed by atoms with van der Waals surface area (Å²) in [6.45, 7) is 2.98. The van der Waals surface area contributed by atoms with Crippen LogP contribution in [0.4, 0.5) is 0 Å². The number of ether oxygens (including phenoxy) is 1. The zero-order valence-electron chi connectivity index (χ0n) is 11.9. The first kappa shape index (κ1) is 18.1. The van der Waals surface area contributed by atoms with Gasteiger partial charge in [-0.3, -0.25) is 4.55 Å². The van der Waals surface area contributed by atoms with Crippen molar-refractivity contribution in [2.24, 2.45) is 0 Å². The predicted octanol–water partition coefficient (Wildman–Crippen LogP) is -0.129. The highest BCUT2D eigenvalue weighted by Gasteiger charge is 2.20. The Morgan fingerprint density at radius 3 is 2.86 bits per heavy atom. The molecule has 122 valence electrons. The molecule has 9 heteroatoms. The summed E-state index contributed by atoms with van der Waals surface area (Å²) < 4.78 is 41.9. The van der Waals surface area contributed by atoms with Gasteiger partial charge in [-0.25, -0.2) is 0 Å². The van der Waals surface area contributed by atoms with E-state index >= 15 is 0 Å². The van der Waals surface area contributed by atoms with Crippen molar-refractivity contribution in [2.45, 2.75) is 19.6 Å². The van der Waals surface area contributed by atoms with Gasteiger partial charge < -0.3 is 19.6 Å². The SMILES string of the molecule is CCN(C[C@H](O)COCCNCc1ccco1)S(=O)(=O)O. The Morgan fingerprint density at radius 1 is 1.52 bits per heavy atom. The summed E-state index contributed by atoms with van der Waals surface area (Å²) in [5, 5.41) is 12.7. The smallest absolute Gasteiger partial charge is 0.335 e. The van der Waals surface area contributed by atoms with Crippen molar-refractivity contribution in [2.75, 3.05) is 32.8 Å². The highest BCUT2D eigenvalue weighted by Crippen LogP contribution is 2.00. The van der Waals surface area contributed by atoms with Crippen LogP contribution in [0.3, 0.4) is 0 Å². The maximum absolute atomic E-state index is 10.9. The summed E-state index contributed by atoms with van der Waals surface area (Å²) in [6.07, 6.45) is 0.607. The van der Waals surface area contributed by atoms with Crippen molar-refractivity contribution in [3.63, 3.8) is 0 Å².